The number of aliphatic hydroxyl groups excluding tert-OH is 1. The summed E-state index contributed by atoms with van der Waals surface area (Å²) in [4.78, 5) is 4.55. The first-order valence-electron chi connectivity index (χ1n) is 6.95. The molecule has 0 aromatic heterocycles. The van der Waals surface area contributed by atoms with Crippen molar-refractivity contribution in [3.05, 3.63) is 30.1 Å². The van der Waals surface area contributed by atoms with Crippen LogP contribution in [0.15, 0.2) is 24.3 Å². The maximum absolute atomic E-state index is 13.4. The first kappa shape index (κ1) is 14.3. The van der Waals surface area contributed by atoms with Crippen LogP contribution in [-0.2, 0) is 0 Å². The molecule has 0 spiro atoms. The molecule has 3 nitrogen and oxygen atoms in total. The number of benzene rings is 1. The molecule has 0 saturated carbocycles. The van der Waals surface area contributed by atoms with Crippen molar-refractivity contribution in [2.75, 3.05) is 31.6 Å². The Balaban J connectivity index is 2.21. The van der Waals surface area contributed by atoms with E-state index in [4.69, 9.17) is 0 Å². The minimum Gasteiger partial charge on any atom is -0.396 e. The van der Waals surface area contributed by atoms with E-state index in [2.05, 4.69) is 23.8 Å². The lowest BCUT2D eigenvalue weighted by molar-refractivity contribution is 0.196. The van der Waals surface area contributed by atoms with Crippen molar-refractivity contribution in [3.63, 3.8) is 0 Å². The highest BCUT2D eigenvalue weighted by atomic mass is 19.1. The van der Waals surface area contributed by atoms with Gasteiger partial charge in [-0.15, -0.1) is 0 Å². The monoisotopic (exact) mass is 266 g/mol. The summed E-state index contributed by atoms with van der Waals surface area (Å²) in [7, 11) is 2.10. The van der Waals surface area contributed by atoms with Crippen molar-refractivity contribution in [1.29, 1.82) is 0 Å². The van der Waals surface area contributed by atoms with E-state index in [-0.39, 0.29) is 12.4 Å². The molecule has 4 heteroatoms. The van der Waals surface area contributed by atoms with Crippen molar-refractivity contribution in [2.45, 2.75) is 31.8 Å². The smallest absolute Gasteiger partial charge is 0.125 e. The maximum Gasteiger partial charge on any atom is 0.125 e. The van der Waals surface area contributed by atoms with Crippen LogP contribution in [0.3, 0.4) is 0 Å². The lowest BCUT2D eigenvalue weighted by atomic mass is 10.1. The van der Waals surface area contributed by atoms with Gasteiger partial charge in [0, 0.05) is 37.5 Å². The Bertz CT molecular complexity index is 413. The summed E-state index contributed by atoms with van der Waals surface area (Å²) in [5, 5.41) is 9.19. The Kier molecular flexibility index (Phi) is 4.77. The number of anilines is 1. The quantitative estimate of drug-likeness (QED) is 0.907. The summed E-state index contributed by atoms with van der Waals surface area (Å²) in [5.41, 5.74) is 0.936. The van der Waals surface area contributed by atoms with Gasteiger partial charge < -0.3 is 14.9 Å². The summed E-state index contributed by atoms with van der Waals surface area (Å²) in [6, 6.07) is 7.49. The zero-order chi connectivity index (χ0) is 13.8. The van der Waals surface area contributed by atoms with Crippen molar-refractivity contribution < 1.29 is 9.50 Å². The minimum absolute atomic E-state index is 0.194. The molecular weight excluding hydrogens is 243 g/mol. The van der Waals surface area contributed by atoms with E-state index in [1.165, 1.54) is 6.07 Å². The van der Waals surface area contributed by atoms with Crippen LogP contribution in [0.25, 0.3) is 0 Å². The number of hydrogen-bond donors (Lipinski definition) is 1. The molecule has 1 aromatic carbocycles. The molecular formula is C15H23FN2O. The van der Waals surface area contributed by atoms with Gasteiger partial charge in [0.2, 0.25) is 0 Å². The Morgan fingerprint density at radius 3 is 2.89 bits per heavy atom. The molecule has 0 bridgehead atoms. The number of hydrogen-bond acceptors (Lipinski definition) is 3. The van der Waals surface area contributed by atoms with Crippen molar-refractivity contribution in [3.8, 4) is 0 Å². The highest BCUT2D eigenvalue weighted by Crippen LogP contribution is 2.24. The fourth-order valence-corrected chi connectivity index (χ4v) is 2.75. The zero-order valence-corrected chi connectivity index (χ0v) is 11.7. The summed E-state index contributed by atoms with van der Waals surface area (Å²) in [5.74, 6) is -0.194. The normalized spacial score (nSPS) is 25.4. The lowest BCUT2D eigenvalue weighted by Gasteiger charge is -2.32. The predicted octanol–water partition coefficient (Wildman–Crippen LogP) is 2.11. The van der Waals surface area contributed by atoms with Gasteiger partial charge in [-0.1, -0.05) is 6.07 Å². The molecule has 1 aliphatic heterocycles. The van der Waals surface area contributed by atoms with Gasteiger partial charge in [0.05, 0.1) is 0 Å². The molecule has 2 unspecified atom stereocenters. The number of likely N-dealkylation sites (N-methyl/N-ethyl adjacent to an activating group) is 1. The van der Waals surface area contributed by atoms with Gasteiger partial charge in [0.25, 0.3) is 0 Å². The standard InChI is InChI=1S/C15H23FN2O/c1-12-6-8-17(2)15(7-9-19)11-18(12)14-5-3-4-13(16)10-14/h3-5,10,12,15,19H,6-9,11H2,1-2H3. The first-order chi connectivity index (χ1) is 9.11. The fraction of sp³-hybridized carbons (Fsp3) is 0.600. The van der Waals surface area contributed by atoms with Crippen LogP contribution in [-0.4, -0.2) is 48.8 Å². The average Bonchev–Trinajstić information content (AvgIpc) is 2.52. The summed E-state index contributed by atoms with van der Waals surface area (Å²) < 4.78 is 13.4. The molecule has 1 aromatic rings. The van der Waals surface area contributed by atoms with E-state index in [9.17, 15) is 9.50 Å². The third-order valence-corrected chi connectivity index (χ3v) is 4.06. The van der Waals surface area contributed by atoms with Crippen molar-refractivity contribution in [1.82, 2.24) is 4.90 Å². The van der Waals surface area contributed by atoms with Crippen LogP contribution in [0.2, 0.25) is 0 Å². The van der Waals surface area contributed by atoms with Crippen LogP contribution >= 0.6 is 0 Å². The topological polar surface area (TPSA) is 26.7 Å². The maximum atomic E-state index is 13.4. The highest BCUT2D eigenvalue weighted by molar-refractivity contribution is 5.47. The van der Waals surface area contributed by atoms with Crippen molar-refractivity contribution >= 4 is 5.69 Å². The molecule has 2 atom stereocenters. The molecule has 1 heterocycles. The molecule has 0 radical (unpaired) electrons. The fourth-order valence-electron chi connectivity index (χ4n) is 2.75. The second kappa shape index (κ2) is 6.35. The third kappa shape index (κ3) is 3.45. The summed E-state index contributed by atoms with van der Waals surface area (Å²) in [6.07, 6.45) is 1.81. The number of aliphatic hydroxyl groups is 1. The Labute approximate surface area is 114 Å². The summed E-state index contributed by atoms with van der Waals surface area (Å²) >= 11 is 0. The van der Waals surface area contributed by atoms with E-state index in [1.807, 2.05) is 6.07 Å². The van der Waals surface area contributed by atoms with Gasteiger partial charge in [0.15, 0.2) is 0 Å². The minimum atomic E-state index is -0.194. The zero-order valence-electron chi connectivity index (χ0n) is 11.7. The van der Waals surface area contributed by atoms with Crippen molar-refractivity contribution in [2.24, 2.45) is 0 Å². The third-order valence-electron chi connectivity index (χ3n) is 4.06. The van der Waals surface area contributed by atoms with Gasteiger partial charge in [0.1, 0.15) is 5.82 Å². The number of rotatable bonds is 3. The van der Waals surface area contributed by atoms with Gasteiger partial charge in [-0.2, -0.15) is 0 Å². The second-order valence-electron chi connectivity index (χ2n) is 5.42. The second-order valence-corrected chi connectivity index (χ2v) is 5.42. The average molecular weight is 266 g/mol. The Hall–Kier alpha value is -1.13. The molecule has 0 amide bonds. The molecule has 19 heavy (non-hydrogen) atoms. The number of nitrogens with zero attached hydrogens (tertiary/aromatic N) is 2. The Morgan fingerprint density at radius 2 is 2.21 bits per heavy atom. The lowest BCUT2D eigenvalue weighted by Crippen LogP contribution is -2.41. The van der Waals surface area contributed by atoms with E-state index >= 15 is 0 Å². The van der Waals surface area contributed by atoms with Gasteiger partial charge in [-0.25, -0.2) is 4.39 Å². The SMILES string of the molecule is CC1CCN(C)C(CCO)CN1c1cccc(F)c1. The Morgan fingerprint density at radius 1 is 1.42 bits per heavy atom. The molecule has 1 aliphatic rings. The van der Waals surface area contributed by atoms with Crippen LogP contribution < -0.4 is 4.90 Å². The van der Waals surface area contributed by atoms with E-state index in [1.54, 1.807) is 12.1 Å². The van der Waals surface area contributed by atoms with Crippen LogP contribution in [0.4, 0.5) is 10.1 Å². The molecule has 0 aliphatic carbocycles. The molecule has 2 rings (SSSR count). The molecule has 1 saturated heterocycles. The highest BCUT2D eigenvalue weighted by Gasteiger charge is 2.26. The van der Waals surface area contributed by atoms with Crippen LogP contribution in [0, 0.1) is 5.82 Å². The largest absolute Gasteiger partial charge is 0.396 e. The van der Waals surface area contributed by atoms with Gasteiger partial charge >= 0.3 is 0 Å². The predicted molar refractivity (Wildman–Crippen MR) is 75.9 cm³/mol. The van der Waals surface area contributed by atoms with Crippen LogP contribution in [0.1, 0.15) is 19.8 Å². The first-order valence-corrected chi connectivity index (χ1v) is 6.95. The van der Waals surface area contributed by atoms with Gasteiger partial charge in [-0.3, -0.25) is 0 Å². The van der Waals surface area contributed by atoms with E-state index < -0.39 is 0 Å². The molecule has 1 fully saturated rings. The van der Waals surface area contributed by atoms with E-state index in [0.717, 1.165) is 31.6 Å². The number of halogens is 1. The molecule has 1 N–H and O–H groups in total. The molecule has 106 valence electrons. The summed E-state index contributed by atoms with van der Waals surface area (Å²) in [6.45, 7) is 4.22. The van der Waals surface area contributed by atoms with Crippen LogP contribution in [0.5, 0.6) is 0 Å². The van der Waals surface area contributed by atoms with Gasteiger partial charge in [-0.05, 0) is 45.0 Å². The van der Waals surface area contributed by atoms with E-state index in [0.29, 0.717) is 12.1 Å².